The van der Waals surface area contributed by atoms with Crippen LogP contribution < -0.4 is 5.32 Å². The molecule has 1 aliphatic heterocycles. The normalized spacial score (nSPS) is 20.9. The molecule has 17 heavy (non-hydrogen) atoms. The molecule has 1 aliphatic rings. The van der Waals surface area contributed by atoms with Crippen LogP contribution in [0.1, 0.15) is 18.7 Å². The van der Waals surface area contributed by atoms with E-state index < -0.39 is 0 Å². The minimum atomic E-state index is -0.216. The highest BCUT2D eigenvalue weighted by Crippen LogP contribution is 2.18. The number of aromatic amines is 1. The van der Waals surface area contributed by atoms with E-state index >= 15 is 0 Å². The fourth-order valence-corrected chi connectivity index (χ4v) is 2.50. The smallest absolute Gasteiger partial charge is 0.125 e. The molecule has 0 bridgehead atoms. The number of nitrogens with one attached hydrogen (secondary N) is 2. The van der Waals surface area contributed by atoms with E-state index in [2.05, 4.69) is 15.3 Å². The van der Waals surface area contributed by atoms with Crippen molar-refractivity contribution < 1.29 is 4.39 Å². The SMILES string of the molecule is Fc1ccc2nc(CC3CCCNC3)[nH]c2c1. The number of hydrogen-bond donors (Lipinski definition) is 2. The second-order valence-corrected chi connectivity index (χ2v) is 4.76. The summed E-state index contributed by atoms with van der Waals surface area (Å²) in [5.41, 5.74) is 1.65. The first kappa shape index (κ1) is 10.7. The number of H-pyrrole nitrogens is 1. The largest absolute Gasteiger partial charge is 0.342 e. The van der Waals surface area contributed by atoms with E-state index in [4.69, 9.17) is 0 Å². The molecule has 1 aromatic heterocycles. The Labute approximate surface area is 99.4 Å². The van der Waals surface area contributed by atoms with Gasteiger partial charge in [0.25, 0.3) is 0 Å². The zero-order valence-corrected chi connectivity index (χ0v) is 9.67. The third-order valence-electron chi connectivity index (χ3n) is 3.37. The van der Waals surface area contributed by atoms with Gasteiger partial charge in [-0.05, 0) is 50.0 Å². The van der Waals surface area contributed by atoms with Gasteiger partial charge >= 0.3 is 0 Å². The summed E-state index contributed by atoms with van der Waals surface area (Å²) in [5, 5.41) is 3.40. The number of benzene rings is 1. The van der Waals surface area contributed by atoms with E-state index in [0.29, 0.717) is 5.92 Å². The average molecular weight is 233 g/mol. The van der Waals surface area contributed by atoms with E-state index in [1.807, 2.05) is 0 Å². The minimum absolute atomic E-state index is 0.216. The van der Waals surface area contributed by atoms with Gasteiger partial charge in [0, 0.05) is 6.42 Å². The highest BCUT2D eigenvalue weighted by molar-refractivity contribution is 5.74. The summed E-state index contributed by atoms with van der Waals surface area (Å²) in [7, 11) is 0. The number of rotatable bonds is 2. The van der Waals surface area contributed by atoms with Crippen molar-refractivity contribution in [2.24, 2.45) is 5.92 Å². The number of halogens is 1. The van der Waals surface area contributed by atoms with Crippen LogP contribution in [0.5, 0.6) is 0 Å². The van der Waals surface area contributed by atoms with E-state index in [9.17, 15) is 4.39 Å². The zero-order chi connectivity index (χ0) is 11.7. The topological polar surface area (TPSA) is 40.7 Å². The number of nitrogens with zero attached hydrogens (tertiary/aromatic N) is 1. The maximum atomic E-state index is 13.0. The standard InChI is InChI=1S/C13H16FN3/c14-10-3-4-11-12(7-10)17-13(16-11)6-9-2-1-5-15-8-9/h3-4,7,9,15H,1-2,5-6,8H2,(H,16,17). The molecule has 0 spiro atoms. The molecule has 4 heteroatoms. The Morgan fingerprint density at radius 2 is 2.35 bits per heavy atom. The van der Waals surface area contributed by atoms with Gasteiger partial charge in [-0.3, -0.25) is 0 Å². The summed E-state index contributed by atoms with van der Waals surface area (Å²) in [6.07, 6.45) is 3.43. The summed E-state index contributed by atoms with van der Waals surface area (Å²) in [6.45, 7) is 2.19. The van der Waals surface area contributed by atoms with Gasteiger partial charge < -0.3 is 10.3 Å². The van der Waals surface area contributed by atoms with Gasteiger partial charge in [-0.25, -0.2) is 9.37 Å². The maximum absolute atomic E-state index is 13.0. The molecule has 0 saturated carbocycles. The van der Waals surface area contributed by atoms with E-state index in [1.54, 1.807) is 6.07 Å². The number of fused-ring (bicyclic) bond motifs is 1. The third-order valence-corrected chi connectivity index (χ3v) is 3.37. The monoisotopic (exact) mass is 233 g/mol. The number of aromatic nitrogens is 2. The van der Waals surface area contributed by atoms with E-state index in [1.165, 1.54) is 25.0 Å². The van der Waals surface area contributed by atoms with Gasteiger partial charge in [-0.1, -0.05) is 0 Å². The molecule has 3 nitrogen and oxygen atoms in total. The van der Waals surface area contributed by atoms with Gasteiger partial charge in [-0.2, -0.15) is 0 Å². The van der Waals surface area contributed by atoms with Crippen molar-refractivity contribution in [3.8, 4) is 0 Å². The zero-order valence-electron chi connectivity index (χ0n) is 9.67. The lowest BCUT2D eigenvalue weighted by Crippen LogP contribution is -2.31. The van der Waals surface area contributed by atoms with Crippen LogP contribution >= 0.6 is 0 Å². The van der Waals surface area contributed by atoms with Crippen LogP contribution in [-0.4, -0.2) is 23.1 Å². The second kappa shape index (κ2) is 4.45. The van der Waals surface area contributed by atoms with Gasteiger partial charge in [0.15, 0.2) is 0 Å². The van der Waals surface area contributed by atoms with E-state index in [0.717, 1.165) is 36.4 Å². The number of hydrogen-bond acceptors (Lipinski definition) is 2. The first-order valence-electron chi connectivity index (χ1n) is 6.16. The van der Waals surface area contributed by atoms with Crippen molar-refractivity contribution in [1.82, 2.24) is 15.3 Å². The predicted octanol–water partition coefficient (Wildman–Crippen LogP) is 2.24. The van der Waals surface area contributed by atoms with Crippen molar-refractivity contribution in [3.63, 3.8) is 0 Å². The Hall–Kier alpha value is -1.42. The Morgan fingerprint density at radius 1 is 1.41 bits per heavy atom. The molecule has 2 aromatic rings. The predicted molar refractivity (Wildman–Crippen MR) is 65.3 cm³/mol. The van der Waals surface area contributed by atoms with Crippen molar-refractivity contribution >= 4 is 11.0 Å². The van der Waals surface area contributed by atoms with Gasteiger partial charge in [-0.15, -0.1) is 0 Å². The lowest BCUT2D eigenvalue weighted by Gasteiger charge is -2.21. The van der Waals surface area contributed by atoms with Crippen molar-refractivity contribution in [3.05, 3.63) is 29.8 Å². The van der Waals surface area contributed by atoms with Gasteiger partial charge in [0.1, 0.15) is 11.6 Å². The fraction of sp³-hybridized carbons (Fsp3) is 0.462. The molecule has 2 N–H and O–H groups in total. The lowest BCUT2D eigenvalue weighted by atomic mass is 9.96. The molecule has 1 fully saturated rings. The van der Waals surface area contributed by atoms with Crippen LogP contribution in [0.15, 0.2) is 18.2 Å². The molecule has 1 atom stereocenters. The van der Waals surface area contributed by atoms with E-state index in [-0.39, 0.29) is 5.82 Å². The molecule has 1 aromatic carbocycles. The Bertz CT molecular complexity index is 514. The lowest BCUT2D eigenvalue weighted by molar-refractivity contribution is 0.371. The summed E-state index contributed by atoms with van der Waals surface area (Å²) in [4.78, 5) is 7.70. The van der Waals surface area contributed by atoms with Crippen molar-refractivity contribution in [2.75, 3.05) is 13.1 Å². The highest BCUT2D eigenvalue weighted by atomic mass is 19.1. The Morgan fingerprint density at radius 3 is 3.18 bits per heavy atom. The summed E-state index contributed by atoms with van der Waals surface area (Å²) in [5.74, 6) is 1.40. The summed E-state index contributed by atoms with van der Waals surface area (Å²) >= 11 is 0. The van der Waals surface area contributed by atoms with Crippen LogP contribution in [0.3, 0.4) is 0 Å². The minimum Gasteiger partial charge on any atom is -0.342 e. The van der Waals surface area contributed by atoms with Crippen LogP contribution in [-0.2, 0) is 6.42 Å². The molecule has 3 rings (SSSR count). The average Bonchev–Trinajstić information content (AvgIpc) is 2.71. The molecule has 0 aliphatic carbocycles. The third kappa shape index (κ3) is 2.31. The Kier molecular flexibility index (Phi) is 2.81. The van der Waals surface area contributed by atoms with Crippen LogP contribution in [0.4, 0.5) is 4.39 Å². The molecular formula is C13H16FN3. The highest BCUT2D eigenvalue weighted by Gasteiger charge is 2.15. The molecule has 1 saturated heterocycles. The van der Waals surface area contributed by atoms with Gasteiger partial charge in [0.2, 0.25) is 0 Å². The molecule has 1 unspecified atom stereocenters. The second-order valence-electron chi connectivity index (χ2n) is 4.76. The molecule has 0 amide bonds. The van der Waals surface area contributed by atoms with Gasteiger partial charge in [0.05, 0.1) is 11.0 Å². The molecular weight excluding hydrogens is 217 g/mol. The summed E-state index contributed by atoms with van der Waals surface area (Å²) in [6, 6.07) is 4.68. The quantitative estimate of drug-likeness (QED) is 0.835. The van der Waals surface area contributed by atoms with Crippen molar-refractivity contribution in [1.29, 1.82) is 0 Å². The molecule has 0 radical (unpaired) electrons. The first-order valence-corrected chi connectivity index (χ1v) is 6.16. The fourth-order valence-electron chi connectivity index (χ4n) is 2.50. The molecule has 2 heterocycles. The van der Waals surface area contributed by atoms with Crippen LogP contribution in [0.25, 0.3) is 11.0 Å². The number of piperidine rings is 1. The van der Waals surface area contributed by atoms with Crippen molar-refractivity contribution in [2.45, 2.75) is 19.3 Å². The first-order chi connectivity index (χ1) is 8.31. The Balaban J connectivity index is 1.80. The van der Waals surface area contributed by atoms with Crippen LogP contribution in [0, 0.1) is 11.7 Å². The van der Waals surface area contributed by atoms with Crippen LogP contribution in [0.2, 0.25) is 0 Å². The number of imidazole rings is 1. The summed E-state index contributed by atoms with van der Waals surface area (Å²) < 4.78 is 13.0. The maximum Gasteiger partial charge on any atom is 0.125 e. The molecule has 90 valence electrons.